The number of nitrogens with one attached hydrogen (secondary N) is 1. The molecule has 2 aromatic carbocycles. The number of ether oxygens (including phenoxy) is 1. The number of alkyl halides is 3. The number of aromatic nitrogens is 2. The third-order valence-electron chi connectivity index (χ3n) is 6.32. The summed E-state index contributed by atoms with van der Waals surface area (Å²) in [6.45, 7) is 3.44. The summed E-state index contributed by atoms with van der Waals surface area (Å²) in [6.07, 6.45) is -0.0571. The van der Waals surface area contributed by atoms with Crippen LogP contribution in [0.25, 0.3) is 22.2 Å². The summed E-state index contributed by atoms with van der Waals surface area (Å²) in [6, 6.07) is 12.2. The summed E-state index contributed by atoms with van der Waals surface area (Å²) in [7, 11) is 0. The van der Waals surface area contributed by atoms with Gasteiger partial charge in [-0.2, -0.15) is 18.2 Å². The highest BCUT2D eigenvalue weighted by molar-refractivity contribution is 6.34. The first kappa shape index (κ1) is 22.1. The topological polar surface area (TPSA) is 37.9 Å². The van der Waals surface area contributed by atoms with E-state index in [9.17, 15) is 13.2 Å². The van der Waals surface area contributed by atoms with Gasteiger partial charge in [0.2, 0.25) is 0 Å². The number of halogens is 4. The average molecular weight is 473 g/mol. The summed E-state index contributed by atoms with van der Waals surface area (Å²) in [5.41, 5.74) is 4.18. The molecule has 0 radical (unpaired) electrons. The molecular weight excluding hydrogens is 449 g/mol. The number of rotatable bonds is 4. The highest BCUT2D eigenvalue weighted by Gasteiger charge is 2.36. The van der Waals surface area contributed by atoms with E-state index in [1.807, 2.05) is 13.0 Å². The number of hydrogen-bond acceptors (Lipinski definition) is 2. The zero-order valence-electron chi connectivity index (χ0n) is 18.4. The second-order valence-corrected chi connectivity index (χ2v) is 9.61. The molecule has 1 fully saturated rings. The molecule has 1 saturated carbocycles. The van der Waals surface area contributed by atoms with Crippen molar-refractivity contribution in [2.45, 2.75) is 51.6 Å². The van der Waals surface area contributed by atoms with Gasteiger partial charge >= 0.3 is 6.18 Å². The van der Waals surface area contributed by atoms with E-state index in [4.69, 9.17) is 16.3 Å². The van der Waals surface area contributed by atoms with Gasteiger partial charge in [-0.15, -0.1) is 0 Å². The number of fused-ring (bicyclic) bond motifs is 1. The van der Waals surface area contributed by atoms with E-state index in [-0.39, 0.29) is 17.7 Å². The molecule has 33 heavy (non-hydrogen) atoms. The third kappa shape index (κ3) is 4.67. The monoisotopic (exact) mass is 472 g/mol. The number of hydrogen-bond donors (Lipinski definition) is 1. The van der Waals surface area contributed by atoms with Gasteiger partial charge < -0.3 is 9.72 Å². The first-order valence-electron chi connectivity index (χ1n) is 11.1. The van der Waals surface area contributed by atoms with Crippen LogP contribution in [0.4, 0.5) is 13.2 Å². The van der Waals surface area contributed by atoms with E-state index in [1.165, 1.54) is 25.3 Å². The molecule has 3 aromatic rings. The van der Waals surface area contributed by atoms with Gasteiger partial charge in [0.25, 0.3) is 6.01 Å². The van der Waals surface area contributed by atoms with Gasteiger partial charge in [0.15, 0.2) is 0 Å². The smallest absolute Gasteiger partial charge is 0.416 e. The van der Waals surface area contributed by atoms with E-state index < -0.39 is 11.7 Å². The molecule has 7 heteroatoms. The number of allylic oxidation sites excluding steroid dienone is 4. The number of aromatic amines is 1. The predicted molar refractivity (Wildman–Crippen MR) is 124 cm³/mol. The lowest BCUT2D eigenvalue weighted by Gasteiger charge is -2.11. The van der Waals surface area contributed by atoms with Gasteiger partial charge in [0, 0.05) is 12.0 Å². The fourth-order valence-corrected chi connectivity index (χ4v) is 4.81. The molecule has 2 aliphatic carbocycles. The number of benzene rings is 2. The van der Waals surface area contributed by atoms with Crippen molar-refractivity contribution in [2.24, 2.45) is 5.92 Å². The molecule has 0 aliphatic heterocycles. The highest BCUT2D eigenvalue weighted by atomic mass is 35.5. The molecule has 0 saturated heterocycles. The third-order valence-corrected chi connectivity index (χ3v) is 6.63. The van der Waals surface area contributed by atoms with Crippen LogP contribution in [0.1, 0.15) is 51.0 Å². The van der Waals surface area contributed by atoms with Crippen molar-refractivity contribution in [3.63, 3.8) is 0 Å². The minimum Gasteiger partial charge on any atom is -0.430 e. The van der Waals surface area contributed by atoms with Crippen molar-refractivity contribution >= 4 is 22.6 Å². The van der Waals surface area contributed by atoms with Gasteiger partial charge in [0.1, 0.15) is 5.76 Å². The van der Waals surface area contributed by atoms with Crippen LogP contribution in [0.5, 0.6) is 6.01 Å². The Hall–Kier alpha value is -2.73. The SMILES string of the molecule is CC1=C(C(F)(F)F)C=C(Oc2nc3cc(-c4ccc(C5CC5)cc4)c(Cl)cc3[nH]2)CC(C)C1. The van der Waals surface area contributed by atoms with E-state index in [0.29, 0.717) is 40.4 Å². The van der Waals surface area contributed by atoms with Crippen LogP contribution in [0.15, 0.2) is 59.4 Å². The van der Waals surface area contributed by atoms with E-state index in [2.05, 4.69) is 34.2 Å². The maximum atomic E-state index is 13.5. The zero-order valence-corrected chi connectivity index (χ0v) is 19.1. The van der Waals surface area contributed by atoms with E-state index >= 15 is 0 Å². The van der Waals surface area contributed by atoms with Crippen LogP contribution in [0.2, 0.25) is 5.02 Å². The maximum Gasteiger partial charge on any atom is 0.416 e. The molecule has 1 unspecified atom stereocenters. The van der Waals surface area contributed by atoms with Crippen molar-refractivity contribution in [3.05, 3.63) is 70.0 Å². The zero-order chi connectivity index (χ0) is 23.3. The van der Waals surface area contributed by atoms with Crippen LogP contribution in [0.3, 0.4) is 0 Å². The van der Waals surface area contributed by atoms with Gasteiger partial charge in [-0.3, -0.25) is 0 Å². The lowest BCUT2D eigenvalue weighted by Crippen LogP contribution is -2.12. The first-order chi connectivity index (χ1) is 15.7. The first-order valence-corrected chi connectivity index (χ1v) is 11.5. The summed E-state index contributed by atoms with van der Waals surface area (Å²) in [5, 5.41) is 0.567. The Kier molecular flexibility index (Phi) is 5.52. The lowest BCUT2D eigenvalue weighted by atomic mass is 9.99. The van der Waals surface area contributed by atoms with Crippen molar-refractivity contribution < 1.29 is 17.9 Å². The molecule has 0 bridgehead atoms. The highest BCUT2D eigenvalue weighted by Crippen LogP contribution is 2.41. The Morgan fingerprint density at radius 3 is 2.48 bits per heavy atom. The van der Waals surface area contributed by atoms with Crippen LogP contribution in [-0.2, 0) is 0 Å². The maximum absolute atomic E-state index is 13.5. The fourth-order valence-electron chi connectivity index (χ4n) is 4.54. The molecule has 1 aromatic heterocycles. The Morgan fingerprint density at radius 1 is 1.09 bits per heavy atom. The second kappa shape index (κ2) is 8.24. The molecule has 172 valence electrons. The van der Waals surface area contributed by atoms with Crippen molar-refractivity contribution in [3.8, 4) is 17.1 Å². The van der Waals surface area contributed by atoms with Crippen LogP contribution < -0.4 is 4.74 Å². The largest absolute Gasteiger partial charge is 0.430 e. The van der Waals surface area contributed by atoms with E-state index in [0.717, 1.165) is 17.2 Å². The number of H-pyrrole nitrogens is 1. The minimum atomic E-state index is -4.42. The number of imidazole rings is 1. The van der Waals surface area contributed by atoms with Crippen molar-refractivity contribution in [1.82, 2.24) is 9.97 Å². The molecule has 2 aliphatic rings. The lowest BCUT2D eigenvalue weighted by molar-refractivity contribution is -0.0892. The molecule has 1 atom stereocenters. The summed E-state index contributed by atoms with van der Waals surface area (Å²) in [5.74, 6) is 0.952. The standard InChI is InChI=1S/C26H24ClF3N2O/c1-14-9-15(2)21(26(28,29)30)11-19(10-14)33-25-31-23-12-20(22(27)13-24(23)32-25)18-7-5-17(6-8-18)16-3-4-16/h5-8,11-14,16H,3-4,9-10H2,1-2H3,(H,31,32). The van der Waals surface area contributed by atoms with Gasteiger partial charge in [-0.05, 0) is 67.4 Å². The Balaban J connectivity index is 1.45. The minimum absolute atomic E-state index is 0.0279. The summed E-state index contributed by atoms with van der Waals surface area (Å²) < 4.78 is 46.3. The van der Waals surface area contributed by atoms with Gasteiger partial charge in [-0.25, -0.2) is 0 Å². The molecule has 1 heterocycles. The van der Waals surface area contributed by atoms with Gasteiger partial charge in [-0.1, -0.05) is 48.4 Å². The Morgan fingerprint density at radius 2 is 1.82 bits per heavy atom. The van der Waals surface area contributed by atoms with Crippen molar-refractivity contribution in [2.75, 3.05) is 0 Å². The molecule has 0 spiro atoms. The fraction of sp³-hybridized carbons (Fsp3) is 0.346. The Labute approximate surface area is 195 Å². The predicted octanol–water partition coefficient (Wildman–Crippen LogP) is 8.33. The van der Waals surface area contributed by atoms with E-state index in [1.54, 1.807) is 6.07 Å². The van der Waals surface area contributed by atoms with Crippen LogP contribution in [0, 0.1) is 5.92 Å². The molecule has 1 N–H and O–H groups in total. The average Bonchev–Trinajstić information content (AvgIpc) is 3.53. The summed E-state index contributed by atoms with van der Waals surface area (Å²) in [4.78, 5) is 7.52. The normalized spacial score (nSPS) is 19.6. The molecular formula is C26H24ClF3N2O. The van der Waals surface area contributed by atoms with Crippen LogP contribution >= 0.6 is 11.6 Å². The molecule has 3 nitrogen and oxygen atoms in total. The Bertz CT molecular complexity index is 1270. The molecule has 5 rings (SSSR count). The summed E-state index contributed by atoms with van der Waals surface area (Å²) >= 11 is 6.55. The number of nitrogens with zero attached hydrogens (tertiary/aromatic N) is 1. The molecule has 0 amide bonds. The van der Waals surface area contributed by atoms with Crippen molar-refractivity contribution in [1.29, 1.82) is 0 Å². The second-order valence-electron chi connectivity index (χ2n) is 9.21. The van der Waals surface area contributed by atoms with Crippen LogP contribution in [-0.4, -0.2) is 16.1 Å². The quantitative estimate of drug-likeness (QED) is 0.414. The van der Waals surface area contributed by atoms with Gasteiger partial charge in [0.05, 0.1) is 21.6 Å².